The molecule has 1 atom stereocenters. The summed E-state index contributed by atoms with van der Waals surface area (Å²) in [5.74, 6) is -1.07. The first-order valence-corrected chi connectivity index (χ1v) is 7.87. The van der Waals surface area contributed by atoms with Gasteiger partial charge in [0.15, 0.2) is 5.69 Å². The summed E-state index contributed by atoms with van der Waals surface area (Å²) in [6, 6.07) is 7.14. The van der Waals surface area contributed by atoms with Gasteiger partial charge in [-0.1, -0.05) is 23.7 Å². The predicted molar refractivity (Wildman–Crippen MR) is 89.2 cm³/mol. The Morgan fingerprint density at radius 1 is 1.46 bits per heavy atom. The highest BCUT2D eigenvalue weighted by Gasteiger charge is 2.31. The number of carboxylic acids is 1. The van der Waals surface area contributed by atoms with E-state index in [-0.39, 0.29) is 17.6 Å². The standard InChI is InChI=1S/C16H17ClN4O3/c1-20-8-10(15(19-20)16(23)24)7-18-11-6-14(22)21(9-11)13-5-3-2-4-12(13)17/h2-5,8,11,18H,6-7,9H2,1H3,(H,23,24). The molecule has 24 heavy (non-hydrogen) atoms. The van der Waals surface area contributed by atoms with Gasteiger partial charge in [-0.05, 0) is 12.1 Å². The Morgan fingerprint density at radius 3 is 2.92 bits per heavy atom. The molecule has 1 aliphatic rings. The van der Waals surface area contributed by atoms with Crippen LogP contribution in [0.15, 0.2) is 30.5 Å². The van der Waals surface area contributed by atoms with Crippen molar-refractivity contribution in [2.24, 2.45) is 7.05 Å². The number of nitrogens with one attached hydrogen (secondary N) is 1. The summed E-state index contributed by atoms with van der Waals surface area (Å²) in [4.78, 5) is 25.1. The van der Waals surface area contributed by atoms with E-state index in [2.05, 4.69) is 10.4 Å². The monoisotopic (exact) mass is 348 g/mol. The summed E-state index contributed by atoms with van der Waals surface area (Å²) in [5.41, 5.74) is 1.31. The molecule has 1 aromatic carbocycles. The third kappa shape index (κ3) is 3.27. The largest absolute Gasteiger partial charge is 0.476 e. The Hall–Kier alpha value is -2.38. The third-order valence-electron chi connectivity index (χ3n) is 3.96. The fourth-order valence-electron chi connectivity index (χ4n) is 2.85. The minimum atomic E-state index is -1.06. The number of aromatic carboxylic acids is 1. The molecule has 1 aliphatic heterocycles. The van der Waals surface area contributed by atoms with Crippen LogP contribution in [0.1, 0.15) is 22.5 Å². The van der Waals surface area contributed by atoms with Gasteiger partial charge in [-0.25, -0.2) is 4.79 Å². The lowest BCUT2D eigenvalue weighted by Crippen LogP contribution is -2.32. The van der Waals surface area contributed by atoms with E-state index in [1.807, 2.05) is 18.2 Å². The van der Waals surface area contributed by atoms with Crippen LogP contribution in [-0.4, -0.2) is 39.4 Å². The normalized spacial score (nSPS) is 17.5. The summed E-state index contributed by atoms with van der Waals surface area (Å²) in [7, 11) is 1.67. The Labute approximate surface area is 143 Å². The number of benzene rings is 1. The van der Waals surface area contributed by atoms with Gasteiger partial charge >= 0.3 is 5.97 Å². The average Bonchev–Trinajstić information content (AvgIpc) is 3.08. The lowest BCUT2D eigenvalue weighted by atomic mass is 10.2. The number of aryl methyl sites for hydroxylation is 1. The van der Waals surface area contributed by atoms with Crippen molar-refractivity contribution in [2.75, 3.05) is 11.4 Å². The number of carbonyl (C=O) groups is 2. The molecule has 2 aromatic rings. The van der Waals surface area contributed by atoms with Gasteiger partial charge in [0.2, 0.25) is 5.91 Å². The zero-order chi connectivity index (χ0) is 17.3. The molecular formula is C16H17ClN4O3. The quantitative estimate of drug-likeness (QED) is 0.858. The minimum Gasteiger partial charge on any atom is -0.476 e. The molecule has 0 saturated carbocycles. The molecule has 2 N–H and O–H groups in total. The first kappa shape index (κ1) is 16.5. The number of hydrogen-bond donors (Lipinski definition) is 2. The van der Waals surface area contributed by atoms with Gasteiger partial charge in [-0.2, -0.15) is 5.10 Å². The topological polar surface area (TPSA) is 87.5 Å². The van der Waals surface area contributed by atoms with Crippen LogP contribution in [0.25, 0.3) is 0 Å². The van der Waals surface area contributed by atoms with Crippen molar-refractivity contribution in [1.82, 2.24) is 15.1 Å². The Bertz CT molecular complexity index is 789. The highest BCUT2D eigenvalue weighted by atomic mass is 35.5. The number of para-hydroxylation sites is 1. The van der Waals surface area contributed by atoms with E-state index < -0.39 is 5.97 Å². The van der Waals surface area contributed by atoms with Gasteiger partial charge in [0.25, 0.3) is 0 Å². The molecule has 0 aliphatic carbocycles. The van der Waals surface area contributed by atoms with Crippen LogP contribution in [0.4, 0.5) is 5.69 Å². The molecule has 2 heterocycles. The molecule has 3 rings (SSSR count). The van der Waals surface area contributed by atoms with Gasteiger partial charge in [-0.3, -0.25) is 9.48 Å². The Kier molecular flexibility index (Phi) is 4.55. The van der Waals surface area contributed by atoms with Crippen molar-refractivity contribution in [3.05, 3.63) is 46.7 Å². The fourth-order valence-corrected chi connectivity index (χ4v) is 3.09. The maximum atomic E-state index is 12.2. The van der Waals surface area contributed by atoms with E-state index in [1.54, 1.807) is 24.2 Å². The van der Waals surface area contributed by atoms with Gasteiger partial charge < -0.3 is 15.3 Å². The molecule has 1 aromatic heterocycles. The van der Waals surface area contributed by atoms with Crippen LogP contribution >= 0.6 is 11.6 Å². The number of carboxylic acid groups (broad SMARTS) is 1. The number of nitrogens with zero attached hydrogens (tertiary/aromatic N) is 3. The number of anilines is 1. The zero-order valence-corrected chi connectivity index (χ0v) is 13.8. The van der Waals surface area contributed by atoms with Crippen molar-refractivity contribution in [1.29, 1.82) is 0 Å². The molecule has 0 spiro atoms. The van der Waals surface area contributed by atoms with E-state index in [4.69, 9.17) is 16.7 Å². The first-order chi connectivity index (χ1) is 11.5. The molecule has 126 valence electrons. The summed E-state index contributed by atoms with van der Waals surface area (Å²) in [6.07, 6.45) is 2.01. The molecule has 1 amide bonds. The van der Waals surface area contributed by atoms with Gasteiger partial charge in [0.05, 0.1) is 10.7 Å². The molecule has 8 heteroatoms. The molecular weight excluding hydrogens is 332 g/mol. The minimum absolute atomic E-state index is 0.00903. The van der Waals surface area contributed by atoms with Gasteiger partial charge in [0, 0.05) is 44.4 Å². The SMILES string of the molecule is Cn1cc(CNC2CC(=O)N(c3ccccc3Cl)C2)c(C(=O)O)n1. The average molecular weight is 349 g/mol. The van der Waals surface area contributed by atoms with Crippen LogP contribution < -0.4 is 10.2 Å². The second-order valence-electron chi connectivity index (χ2n) is 5.72. The highest BCUT2D eigenvalue weighted by molar-refractivity contribution is 6.33. The van der Waals surface area contributed by atoms with Crippen LogP contribution in [0.3, 0.4) is 0 Å². The number of aromatic nitrogens is 2. The second-order valence-corrected chi connectivity index (χ2v) is 6.13. The van der Waals surface area contributed by atoms with E-state index >= 15 is 0 Å². The van der Waals surface area contributed by atoms with E-state index in [9.17, 15) is 9.59 Å². The highest BCUT2D eigenvalue weighted by Crippen LogP contribution is 2.29. The number of rotatable bonds is 5. The molecule has 7 nitrogen and oxygen atoms in total. The van der Waals surface area contributed by atoms with Crippen LogP contribution in [0.5, 0.6) is 0 Å². The lowest BCUT2D eigenvalue weighted by molar-refractivity contribution is -0.117. The number of carbonyl (C=O) groups excluding carboxylic acids is 1. The Balaban J connectivity index is 1.67. The number of amides is 1. The van der Waals surface area contributed by atoms with Crippen molar-refractivity contribution in [3.63, 3.8) is 0 Å². The maximum Gasteiger partial charge on any atom is 0.356 e. The van der Waals surface area contributed by atoms with Gasteiger partial charge in [-0.15, -0.1) is 0 Å². The molecule has 1 unspecified atom stereocenters. The first-order valence-electron chi connectivity index (χ1n) is 7.50. The molecule has 1 saturated heterocycles. The molecule has 1 fully saturated rings. The smallest absolute Gasteiger partial charge is 0.356 e. The van der Waals surface area contributed by atoms with Crippen LogP contribution in [0.2, 0.25) is 5.02 Å². The maximum absolute atomic E-state index is 12.2. The third-order valence-corrected chi connectivity index (χ3v) is 4.28. The van der Waals surface area contributed by atoms with E-state index in [0.29, 0.717) is 35.8 Å². The lowest BCUT2D eigenvalue weighted by Gasteiger charge is -2.18. The molecule has 0 bridgehead atoms. The number of hydrogen-bond acceptors (Lipinski definition) is 4. The predicted octanol–water partition coefficient (Wildman–Crippen LogP) is 1.67. The summed E-state index contributed by atoms with van der Waals surface area (Å²) < 4.78 is 1.47. The van der Waals surface area contributed by atoms with Crippen LogP contribution in [0, 0.1) is 0 Å². The van der Waals surface area contributed by atoms with Crippen LogP contribution in [-0.2, 0) is 18.4 Å². The zero-order valence-electron chi connectivity index (χ0n) is 13.1. The van der Waals surface area contributed by atoms with E-state index in [0.717, 1.165) is 0 Å². The van der Waals surface area contributed by atoms with Crippen molar-refractivity contribution in [3.8, 4) is 0 Å². The van der Waals surface area contributed by atoms with Gasteiger partial charge in [0.1, 0.15) is 0 Å². The molecule has 0 radical (unpaired) electrons. The summed E-state index contributed by atoms with van der Waals surface area (Å²) in [5, 5.41) is 16.8. The summed E-state index contributed by atoms with van der Waals surface area (Å²) >= 11 is 6.16. The fraction of sp³-hybridized carbons (Fsp3) is 0.312. The van der Waals surface area contributed by atoms with Crippen molar-refractivity contribution < 1.29 is 14.7 Å². The van der Waals surface area contributed by atoms with E-state index in [1.165, 1.54) is 4.68 Å². The van der Waals surface area contributed by atoms with Crippen molar-refractivity contribution in [2.45, 2.75) is 19.0 Å². The second kappa shape index (κ2) is 6.62. The Morgan fingerprint density at radius 2 is 2.21 bits per heavy atom. The summed E-state index contributed by atoms with van der Waals surface area (Å²) in [6.45, 7) is 0.828. The number of halogens is 1. The van der Waals surface area contributed by atoms with Crippen molar-refractivity contribution >= 4 is 29.2 Å².